The van der Waals surface area contributed by atoms with Crippen molar-refractivity contribution >= 4 is 29.4 Å². The number of nitrogens with one attached hydrogen (secondary N) is 2. The minimum Gasteiger partial charge on any atom is -0.358 e. The zero-order valence-electron chi connectivity index (χ0n) is 18.0. The number of allylic oxidation sites excluding steroid dienone is 2. The number of aromatic nitrogens is 2. The first-order valence-electron chi connectivity index (χ1n) is 10.8. The summed E-state index contributed by atoms with van der Waals surface area (Å²) in [4.78, 5) is 42.4. The van der Waals surface area contributed by atoms with Crippen LogP contribution in [-0.2, 0) is 22.1 Å². The van der Waals surface area contributed by atoms with Crippen LogP contribution in [0.15, 0.2) is 36.3 Å². The molecule has 2 atom stereocenters. The number of nitrogens with zero attached hydrogens (tertiary/aromatic N) is 2. The molecule has 1 aliphatic heterocycles. The summed E-state index contributed by atoms with van der Waals surface area (Å²) in [6, 6.07) is 1.85. The molecule has 3 heterocycles. The summed E-state index contributed by atoms with van der Waals surface area (Å²) in [6.45, 7) is 4.62. The van der Waals surface area contributed by atoms with Crippen molar-refractivity contribution in [3.63, 3.8) is 0 Å². The maximum absolute atomic E-state index is 13.1. The van der Waals surface area contributed by atoms with Crippen molar-refractivity contribution in [3.8, 4) is 0 Å². The number of carbonyl (C=O) groups is 3. The first-order valence-corrected chi connectivity index (χ1v) is 10.8. The minimum atomic E-state index is -0.182. The molecule has 7 heteroatoms. The highest BCUT2D eigenvalue weighted by atomic mass is 16.2. The van der Waals surface area contributed by atoms with Crippen LogP contribution in [0.4, 0.5) is 5.69 Å². The van der Waals surface area contributed by atoms with Gasteiger partial charge in [-0.15, -0.1) is 0 Å². The van der Waals surface area contributed by atoms with Gasteiger partial charge in [0, 0.05) is 61.4 Å². The Hall–Kier alpha value is -3.35. The monoisotopic (exact) mass is 418 g/mol. The fourth-order valence-corrected chi connectivity index (χ4v) is 5.27. The Bertz CT molecular complexity index is 1180. The Kier molecular flexibility index (Phi) is 4.32. The molecule has 0 bridgehead atoms. The molecule has 3 aliphatic rings. The maximum atomic E-state index is 13.1. The van der Waals surface area contributed by atoms with Crippen LogP contribution in [0, 0.1) is 12.8 Å². The average Bonchev–Trinajstić information content (AvgIpc) is 2.98. The predicted octanol–water partition coefficient (Wildman–Crippen LogP) is 3.29. The molecular formula is C24H26N4O3. The normalized spacial score (nSPS) is 23.5. The van der Waals surface area contributed by atoms with Crippen LogP contribution in [-0.4, -0.2) is 38.6 Å². The van der Waals surface area contributed by atoms with Gasteiger partial charge in [-0.05, 0) is 49.0 Å². The number of fused-ring (bicyclic) bond motifs is 1. The molecule has 0 radical (unpaired) electrons. The smallest absolute Gasteiger partial charge is 0.250 e. The number of piperidine rings is 1. The van der Waals surface area contributed by atoms with Crippen LogP contribution in [0.2, 0.25) is 0 Å². The summed E-state index contributed by atoms with van der Waals surface area (Å²) in [5, 5.41) is 2.87. The number of H-pyrrole nitrogens is 1. The van der Waals surface area contributed by atoms with E-state index in [1.165, 1.54) is 0 Å². The Balaban J connectivity index is 1.35. The van der Waals surface area contributed by atoms with E-state index in [0.29, 0.717) is 30.3 Å². The zero-order chi connectivity index (χ0) is 21.9. The van der Waals surface area contributed by atoms with E-state index in [4.69, 9.17) is 0 Å². The second kappa shape index (κ2) is 6.83. The molecule has 1 spiro atoms. The van der Waals surface area contributed by atoms with Crippen molar-refractivity contribution < 1.29 is 14.4 Å². The highest BCUT2D eigenvalue weighted by Gasteiger charge is 2.67. The molecule has 7 nitrogen and oxygen atoms in total. The number of rotatable bonds is 5. The number of anilines is 1. The van der Waals surface area contributed by atoms with E-state index in [2.05, 4.69) is 10.3 Å². The fraction of sp³-hybridized carbons (Fsp3) is 0.375. The number of likely N-dealkylation sites (tertiary alicyclic amines) is 1. The van der Waals surface area contributed by atoms with E-state index in [1.54, 1.807) is 23.1 Å². The van der Waals surface area contributed by atoms with Crippen molar-refractivity contribution in [1.82, 2.24) is 14.5 Å². The van der Waals surface area contributed by atoms with Gasteiger partial charge in [0.15, 0.2) is 0 Å². The van der Waals surface area contributed by atoms with E-state index < -0.39 is 0 Å². The van der Waals surface area contributed by atoms with Crippen LogP contribution < -0.4 is 5.32 Å². The number of aromatic amines is 1. The SMILES string of the molecule is CCCC(=O)Nc1cc(/C=C/C(=O)N2C[C@H]3C[C@@]34C2=CC(=O)c2[nH]cc(C)c24)n(C)c1. The Morgan fingerprint density at radius 3 is 2.97 bits per heavy atom. The van der Waals surface area contributed by atoms with Crippen LogP contribution in [0.5, 0.6) is 0 Å². The van der Waals surface area contributed by atoms with Gasteiger partial charge in [-0.1, -0.05) is 6.92 Å². The molecule has 1 saturated heterocycles. The van der Waals surface area contributed by atoms with Crippen molar-refractivity contribution in [2.75, 3.05) is 11.9 Å². The molecular weight excluding hydrogens is 392 g/mol. The highest BCUT2D eigenvalue weighted by molar-refractivity contribution is 6.09. The lowest BCUT2D eigenvalue weighted by Gasteiger charge is -2.27. The van der Waals surface area contributed by atoms with E-state index in [0.717, 1.165) is 35.4 Å². The molecule has 2 N–H and O–H groups in total. The summed E-state index contributed by atoms with van der Waals surface area (Å²) in [5.41, 5.74) is 5.03. The van der Waals surface area contributed by atoms with Crippen molar-refractivity contribution in [2.24, 2.45) is 13.0 Å². The van der Waals surface area contributed by atoms with E-state index >= 15 is 0 Å². The Morgan fingerprint density at radius 2 is 2.19 bits per heavy atom. The quantitative estimate of drug-likeness (QED) is 0.731. The van der Waals surface area contributed by atoms with E-state index in [-0.39, 0.29) is 23.0 Å². The summed E-state index contributed by atoms with van der Waals surface area (Å²) >= 11 is 0. The number of hydrogen-bond acceptors (Lipinski definition) is 3. The lowest BCUT2D eigenvalue weighted by Crippen LogP contribution is -2.32. The fourth-order valence-electron chi connectivity index (χ4n) is 5.27. The largest absolute Gasteiger partial charge is 0.358 e. The summed E-state index contributed by atoms with van der Waals surface area (Å²) < 4.78 is 1.87. The van der Waals surface area contributed by atoms with Gasteiger partial charge in [-0.25, -0.2) is 0 Å². The second-order valence-corrected chi connectivity index (χ2v) is 8.83. The Labute approximate surface area is 180 Å². The third-order valence-corrected chi connectivity index (χ3v) is 6.76. The van der Waals surface area contributed by atoms with Gasteiger partial charge in [0.25, 0.3) is 5.91 Å². The van der Waals surface area contributed by atoms with E-state index in [9.17, 15) is 14.4 Å². The van der Waals surface area contributed by atoms with Gasteiger partial charge >= 0.3 is 0 Å². The zero-order valence-corrected chi connectivity index (χ0v) is 18.0. The van der Waals surface area contributed by atoms with Gasteiger partial charge in [-0.2, -0.15) is 0 Å². The summed E-state index contributed by atoms with van der Waals surface area (Å²) in [7, 11) is 1.87. The number of amides is 2. The first kappa shape index (κ1) is 19.6. The van der Waals surface area contributed by atoms with Crippen molar-refractivity contribution in [1.29, 1.82) is 0 Å². The lowest BCUT2D eigenvalue weighted by molar-refractivity contribution is -0.124. The first-order chi connectivity index (χ1) is 14.8. The van der Waals surface area contributed by atoms with Crippen LogP contribution in [0.3, 0.4) is 0 Å². The molecule has 2 amide bonds. The van der Waals surface area contributed by atoms with Gasteiger partial charge in [0.1, 0.15) is 0 Å². The molecule has 31 heavy (non-hydrogen) atoms. The molecule has 0 aromatic carbocycles. The topological polar surface area (TPSA) is 87.2 Å². The number of ketones is 1. The van der Waals surface area contributed by atoms with Gasteiger partial charge in [0.2, 0.25) is 11.7 Å². The number of carbonyl (C=O) groups excluding carboxylic acids is 3. The molecule has 2 aliphatic carbocycles. The van der Waals surface area contributed by atoms with Crippen LogP contribution in [0.1, 0.15) is 53.5 Å². The lowest BCUT2D eigenvalue weighted by atomic mass is 9.83. The third-order valence-electron chi connectivity index (χ3n) is 6.76. The van der Waals surface area contributed by atoms with Crippen LogP contribution in [0.25, 0.3) is 6.08 Å². The molecule has 160 valence electrons. The summed E-state index contributed by atoms with van der Waals surface area (Å²) in [5.74, 6) is 0.162. The predicted molar refractivity (Wildman–Crippen MR) is 117 cm³/mol. The van der Waals surface area contributed by atoms with Crippen molar-refractivity contribution in [2.45, 2.75) is 38.5 Å². The molecule has 1 saturated carbocycles. The van der Waals surface area contributed by atoms with Gasteiger partial charge in [-0.3, -0.25) is 14.4 Å². The van der Waals surface area contributed by atoms with Crippen molar-refractivity contribution in [3.05, 3.63) is 58.8 Å². The van der Waals surface area contributed by atoms with Crippen LogP contribution >= 0.6 is 0 Å². The second-order valence-electron chi connectivity index (χ2n) is 8.83. The van der Waals surface area contributed by atoms with Gasteiger partial charge < -0.3 is 19.8 Å². The Morgan fingerprint density at radius 1 is 1.39 bits per heavy atom. The van der Waals surface area contributed by atoms with Gasteiger partial charge in [0.05, 0.1) is 11.4 Å². The molecule has 2 aromatic heterocycles. The molecule has 2 fully saturated rings. The maximum Gasteiger partial charge on any atom is 0.250 e. The number of aryl methyl sites for hydroxylation is 2. The standard InChI is InChI=1S/C24H26N4O3/c1-4-5-20(30)26-16-8-17(27(3)13-16)6-7-21(31)28-12-15-10-24(15)19(28)9-18(29)23-22(24)14(2)11-25-23/h6-9,11,13,15,25H,4-5,10,12H2,1-3H3,(H,26,30)/b7-6+/t15-,24+/m1/s1. The molecule has 0 unspecified atom stereocenters. The molecule has 2 aromatic rings. The van der Waals surface area contributed by atoms with E-state index in [1.807, 2.05) is 43.9 Å². The summed E-state index contributed by atoms with van der Waals surface area (Å²) in [6.07, 6.45) is 10.9. The minimum absolute atomic E-state index is 0.0189. The number of hydrogen-bond donors (Lipinski definition) is 2. The highest BCUT2D eigenvalue weighted by Crippen LogP contribution is 2.67. The third kappa shape index (κ3) is 2.91. The molecule has 5 rings (SSSR count). The average molecular weight is 418 g/mol.